The molecule has 1 heterocycles. The van der Waals surface area contributed by atoms with E-state index < -0.39 is 0 Å². The van der Waals surface area contributed by atoms with Gasteiger partial charge in [0.1, 0.15) is 5.75 Å². The van der Waals surface area contributed by atoms with Crippen LogP contribution in [0.4, 0.5) is 0 Å². The number of nitrogens with one attached hydrogen (secondary N) is 1. The van der Waals surface area contributed by atoms with Crippen LogP contribution in [0.2, 0.25) is 0 Å². The molecule has 0 bridgehead atoms. The Labute approximate surface area is 158 Å². The van der Waals surface area contributed by atoms with Crippen molar-refractivity contribution >= 4 is 16.7 Å². The van der Waals surface area contributed by atoms with Crippen LogP contribution < -0.4 is 15.6 Å². The predicted octanol–water partition coefficient (Wildman–Crippen LogP) is 2.29. The molecule has 0 radical (unpaired) electrons. The van der Waals surface area contributed by atoms with E-state index in [4.69, 9.17) is 4.74 Å². The van der Waals surface area contributed by atoms with Crippen LogP contribution in [-0.2, 0) is 0 Å². The summed E-state index contributed by atoms with van der Waals surface area (Å²) >= 11 is 0. The van der Waals surface area contributed by atoms with Crippen LogP contribution in [-0.4, -0.2) is 49.7 Å². The quantitative estimate of drug-likeness (QED) is 0.728. The number of hydrogen-bond acceptors (Lipinski definition) is 4. The van der Waals surface area contributed by atoms with Crippen molar-refractivity contribution in [2.24, 2.45) is 0 Å². The zero-order valence-corrected chi connectivity index (χ0v) is 15.7. The summed E-state index contributed by atoms with van der Waals surface area (Å²) in [4.78, 5) is 27.8. The first-order chi connectivity index (χ1) is 13.0. The summed E-state index contributed by atoms with van der Waals surface area (Å²) in [5.74, 6) is 0.439. The lowest BCUT2D eigenvalue weighted by molar-refractivity contribution is 0.0952. The highest BCUT2D eigenvalue weighted by Crippen LogP contribution is 2.20. The molecule has 0 saturated heterocycles. The number of carbonyl (C=O) groups is 1. The van der Waals surface area contributed by atoms with Gasteiger partial charge in [-0.15, -0.1) is 0 Å². The molecular formula is C21H23N3O3. The SMILES string of the molecule is COc1cccc(-n2cc(C(=O)NCCN(C)C)c3ccccc3c2=O)c1. The summed E-state index contributed by atoms with van der Waals surface area (Å²) < 4.78 is 6.75. The van der Waals surface area contributed by atoms with Gasteiger partial charge in [0.05, 0.1) is 18.4 Å². The topological polar surface area (TPSA) is 63.6 Å². The summed E-state index contributed by atoms with van der Waals surface area (Å²) in [5.41, 5.74) is 0.933. The Morgan fingerprint density at radius 3 is 2.56 bits per heavy atom. The first-order valence-electron chi connectivity index (χ1n) is 8.73. The molecule has 3 aromatic rings. The monoisotopic (exact) mass is 365 g/mol. The number of pyridine rings is 1. The van der Waals surface area contributed by atoms with E-state index in [1.54, 1.807) is 37.6 Å². The second kappa shape index (κ2) is 8.05. The molecule has 0 fully saturated rings. The van der Waals surface area contributed by atoms with Gasteiger partial charge >= 0.3 is 0 Å². The van der Waals surface area contributed by atoms with E-state index in [0.717, 1.165) is 6.54 Å². The Bertz CT molecular complexity index is 1020. The summed E-state index contributed by atoms with van der Waals surface area (Å²) in [5, 5.41) is 4.07. The number of carbonyl (C=O) groups excluding carboxylic acids is 1. The largest absolute Gasteiger partial charge is 0.497 e. The lowest BCUT2D eigenvalue weighted by Crippen LogP contribution is -2.32. The second-order valence-corrected chi connectivity index (χ2v) is 6.52. The molecule has 0 aliphatic rings. The maximum Gasteiger partial charge on any atom is 0.262 e. The van der Waals surface area contributed by atoms with Gasteiger partial charge in [-0.3, -0.25) is 14.2 Å². The van der Waals surface area contributed by atoms with E-state index in [0.29, 0.717) is 34.3 Å². The minimum Gasteiger partial charge on any atom is -0.497 e. The number of ether oxygens (including phenoxy) is 1. The van der Waals surface area contributed by atoms with Crippen molar-refractivity contribution in [3.8, 4) is 11.4 Å². The van der Waals surface area contributed by atoms with E-state index in [1.807, 2.05) is 43.3 Å². The molecule has 0 aliphatic carbocycles. The minimum atomic E-state index is -0.204. The van der Waals surface area contributed by atoms with E-state index in [-0.39, 0.29) is 11.5 Å². The van der Waals surface area contributed by atoms with E-state index in [9.17, 15) is 9.59 Å². The van der Waals surface area contributed by atoms with Crippen molar-refractivity contribution in [1.29, 1.82) is 0 Å². The van der Waals surface area contributed by atoms with Crippen LogP contribution >= 0.6 is 0 Å². The van der Waals surface area contributed by atoms with Crippen molar-refractivity contribution in [1.82, 2.24) is 14.8 Å². The van der Waals surface area contributed by atoms with E-state index in [1.165, 1.54) is 4.57 Å². The highest BCUT2D eigenvalue weighted by molar-refractivity contribution is 6.06. The zero-order chi connectivity index (χ0) is 19.4. The third-order valence-corrected chi connectivity index (χ3v) is 4.35. The van der Waals surface area contributed by atoms with Gasteiger partial charge in [-0.05, 0) is 32.3 Å². The molecule has 0 atom stereocenters. The fourth-order valence-electron chi connectivity index (χ4n) is 2.91. The van der Waals surface area contributed by atoms with Crippen LogP contribution in [0.5, 0.6) is 5.75 Å². The summed E-state index contributed by atoms with van der Waals surface area (Å²) in [6.07, 6.45) is 1.60. The molecule has 6 heteroatoms. The molecule has 0 spiro atoms. The van der Waals surface area contributed by atoms with Crippen LogP contribution in [0.15, 0.2) is 59.5 Å². The Morgan fingerprint density at radius 1 is 1.11 bits per heavy atom. The average Bonchev–Trinajstić information content (AvgIpc) is 2.68. The van der Waals surface area contributed by atoms with Crippen molar-refractivity contribution in [2.45, 2.75) is 0 Å². The van der Waals surface area contributed by atoms with Crippen LogP contribution in [0.3, 0.4) is 0 Å². The van der Waals surface area contributed by atoms with Gasteiger partial charge in [0.25, 0.3) is 11.5 Å². The molecular weight excluding hydrogens is 342 g/mol. The smallest absolute Gasteiger partial charge is 0.262 e. The molecule has 1 amide bonds. The first kappa shape index (κ1) is 18.7. The molecule has 0 aliphatic heterocycles. The molecule has 0 saturated carbocycles. The number of benzene rings is 2. The Balaban J connectivity index is 2.11. The Hall–Kier alpha value is -3.12. The Kier molecular flexibility index (Phi) is 5.57. The fraction of sp³-hybridized carbons (Fsp3) is 0.238. The second-order valence-electron chi connectivity index (χ2n) is 6.52. The average molecular weight is 365 g/mol. The number of nitrogens with zero attached hydrogens (tertiary/aromatic N) is 2. The van der Waals surface area contributed by atoms with Crippen molar-refractivity contribution in [3.63, 3.8) is 0 Å². The molecule has 1 aromatic heterocycles. The molecule has 1 N–H and O–H groups in total. The lowest BCUT2D eigenvalue weighted by atomic mass is 10.1. The minimum absolute atomic E-state index is 0.177. The fourth-order valence-corrected chi connectivity index (χ4v) is 2.91. The highest BCUT2D eigenvalue weighted by atomic mass is 16.5. The number of fused-ring (bicyclic) bond motifs is 1. The van der Waals surface area contributed by atoms with Crippen LogP contribution in [0.25, 0.3) is 16.5 Å². The normalized spacial score (nSPS) is 11.0. The molecule has 6 nitrogen and oxygen atoms in total. The number of methoxy groups -OCH3 is 1. The zero-order valence-electron chi connectivity index (χ0n) is 15.7. The number of amides is 1. The van der Waals surface area contributed by atoms with Gasteiger partial charge in [-0.25, -0.2) is 0 Å². The number of hydrogen-bond donors (Lipinski definition) is 1. The molecule has 140 valence electrons. The molecule has 27 heavy (non-hydrogen) atoms. The van der Waals surface area contributed by atoms with Crippen LogP contribution in [0.1, 0.15) is 10.4 Å². The molecule has 0 unspecified atom stereocenters. The third-order valence-electron chi connectivity index (χ3n) is 4.35. The van der Waals surface area contributed by atoms with E-state index in [2.05, 4.69) is 5.32 Å². The van der Waals surface area contributed by atoms with Gasteiger partial charge < -0.3 is 15.0 Å². The van der Waals surface area contributed by atoms with Crippen molar-refractivity contribution in [3.05, 3.63) is 70.6 Å². The summed E-state index contributed by atoms with van der Waals surface area (Å²) in [6, 6.07) is 14.4. The van der Waals surface area contributed by atoms with Gasteiger partial charge in [0, 0.05) is 36.1 Å². The Morgan fingerprint density at radius 2 is 1.85 bits per heavy atom. The number of likely N-dealkylation sites (N-methyl/N-ethyl adjacent to an activating group) is 1. The van der Waals surface area contributed by atoms with E-state index >= 15 is 0 Å². The van der Waals surface area contributed by atoms with Gasteiger partial charge in [0.2, 0.25) is 0 Å². The van der Waals surface area contributed by atoms with Crippen molar-refractivity contribution < 1.29 is 9.53 Å². The number of rotatable bonds is 6. The molecule has 2 aromatic carbocycles. The van der Waals surface area contributed by atoms with Crippen molar-refractivity contribution in [2.75, 3.05) is 34.3 Å². The standard InChI is InChI=1S/C21H23N3O3/c1-23(2)12-11-22-20(25)19-14-24(15-7-6-8-16(13-15)27-3)21(26)18-10-5-4-9-17(18)19/h4-10,13-14H,11-12H2,1-3H3,(H,22,25). The summed E-state index contributed by atoms with van der Waals surface area (Å²) in [6.45, 7) is 1.26. The van der Waals surface area contributed by atoms with Gasteiger partial charge in [-0.1, -0.05) is 24.3 Å². The summed E-state index contributed by atoms with van der Waals surface area (Å²) in [7, 11) is 5.47. The third kappa shape index (κ3) is 4.01. The number of aromatic nitrogens is 1. The maximum atomic E-state index is 13.0. The highest BCUT2D eigenvalue weighted by Gasteiger charge is 2.15. The first-order valence-corrected chi connectivity index (χ1v) is 8.73. The van der Waals surface area contributed by atoms with Gasteiger partial charge in [0.15, 0.2) is 0 Å². The molecule has 3 rings (SSSR count). The van der Waals surface area contributed by atoms with Gasteiger partial charge in [-0.2, -0.15) is 0 Å². The van der Waals surface area contributed by atoms with Crippen LogP contribution in [0, 0.1) is 0 Å². The predicted molar refractivity (Wildman–Crippen MR) is 107 cm³/mol. The lowest BCUT2D eigenvalue weighted by Gasteiger charge is -2.14. The maximum absolute atomic E-state index is 13.0.